The van der Waals surface area contributed by atoms with Gasteiger partial charge >= 0.3 is 0 Å². The van der Waals surface area contributed by atoms with Gasteiger partial charge in [0.1, 0.15) is 0 Å². The molecular formula is C23H42. The van der Waals surface area contributed by atoms with Gasteiger partial charge in [-0.1, -0.05) is 96.6 Å². The van der Waals surface area contributed by atoms with Crippen LogP contribution < -0.4 is 0 Å². The zero-order chi connectivity index (χ0) is 16.3. The Morgan fingerprint density at radius 1 is 0.739 bits per heavy atom. The first kappa shape index (κ1) is 19.1. The molecule has 0 spiro atoms. The molecule has 2 aliphatic rings. The molecule has 0 aliphatic heterocycles. The summed E-state index contributed by atoms with van der Waals surface area (Å²) in [5, 5.41) is 0. The summed E-state index contributed by atoms with van der Waals surface area (Å²) in [6.45, 7) is 4.61. The second kappa shape index (κ2) is 11.3. The van der Waals surface area contributed by atoms with Crippen molar-refractivity contribution in [2.45, 2.75) is 110 Å². The summed E-state index contributed by atoms with van der Waals surface area (Å²) in [7, 11) is 0. The molecule has 0 heterocycles. The second-order valence-corrected chi connectivity index (χ2v) is 8.50. The topological polar surface area (TPSA) is 0 Å². The Morgan fingerprint density at radius 2 is 1.39 bits per heavy atom. The van der Waals surface area contributed by atoms with Crippen LogP contribution in [0, 0.1) is 23.7 Å². The quantitative estimate of drug-likeness (QED) is 0.299. The molecule has 2 aliphatic carbocycles. The van der Waals surface area contributed by atoms with Crippen LogP contribution in [0.2, 0.25) is 0 Å². The summed E-state index contributed by atoms with van der Waals surface area (Å²) >= 11 is 0. The minimum absolute atomic E-state index is 0.910. The van der Waals surface area contributed by atoms with Crippen LogP contribution in [0.1, 0.15) is 110 Å². The van der Waals surface area contributed by atoms with Gasteiger partial charge in [0.05, 0.1) is 0 Å². The second-order valence-electron chi connectivity index (χ2n) is 8.50. The van der Waals surface area contributed by atoms with Crippen molar-refractivity contribution in [3.05, 3.63) is 12.2 Å². The van der Waals surface area contributed by atoms with E-state index in [-0.39, 0.29) is 0 Å². The third-order valence-electron chi connectivity index (χ3n) is 6.69. The average molecular weight is 319 g/mol. The fraction of sp³-hybridized carbons (Fsp3) is 0.913. The lowest BCUT2D eigenvalue weighted by Crippen LogP contribution is -2.18. The van der Waals surface area contributed by atoms with E-state index in [1.807, 2.05) is 0 Å². The van der Waals surface area contributed by atoms with E-state index < -0.39 is 0 Å². The zero-order valence-corrected chi connectivity index (χ0v) is 16.1. The number of allylic oxidation sites excluding steroid dienone is 2. The van der Waals surface area contributed by atoms with Crippen LogP contribution in [0.25, 0.3) is 0 Å². The maximum Gasteiger partial charge on any atom is -0.0205 e. The fourth-order valence-electron chi connectivity index (χ4n) is 5.22. The first-order chi connectivity index (χ1) is 11.3. The zero-order valence-electron chi connectivity index (χ0n) is 16.1. The number of rotatable bonds is 9. The standard InChI is InChI=1S/C23H42/c1-3-5-12-22-14-8-9-15-23(22)13-7-6-11-21-18-16-20(10-4-2)17-19-21/h5,12,20-23H,3-4,6-11,13-19H2,1-2H3/b12-5+/t20-,21-,22?,23?. The highest BCUT2D eigenvalue weighted by Gasteiger charge is 2.23. The third kappa shape index (κ3) is 7.02. The highest BCUT2D eigenvalue weighted by molar-refractivity contribution is 4.93. The van der Waals surface area contributed by atoms with Crippen LogP contribution in [-0.4, -0.2) is 0 Å². The fourth-order valence-corrected chi connectivity index (χ4v) is 5.22. The first-order valence-electron chi connectivity index (χ1n) is 11.0. The van der Waals surface area contributed by atoms with Crippen molar-refractivity contribution >= 4 is 0 Å². The van der Waals surface area contributed by atoms with Gasteiger partial charge in [0.15, 0.2) is 0 Å². The van der Waals surface area contributed by atoms with Crippen molar-refractivity contribution in [2.24, 2.45) is 23.7 Å². The highest BCUT2D eigenvalue weighted by atomic mass is 14.3. The first-order valence-corrected chi connectivity index (χ1v) is 11.0. The molecule has 2 unspecified atom stereocenters. The molecule has 0 aromatic heterocycles. The van der Waals surface area contributed by atoms with E-state index in [4.69, 9.17) is 0 Å². The van der Waals surface area contributed by atoms with Crippen LogP contribution in [-0.2, 0) is 0 Å². The van der Waals surface area contributed by atoms with Crippen LogP contribution in [0.5, 0.6) is 0 Å². The molecule has 0 N–H and O–H groups in total. The Labute approximate surface area is 146 Å². The molecule has 0 amide bonds. The van der Waals surface area contributed by atoms with E-state index in [1.54, 1.807) is 0 Å². The lowest BCUT2D eigenvalue weighted by atomic mass is 9.75. The number of unbranched alkanes of at least 4 members (excludes halogenated alkanes) is 1. The summed E-state index contributed by atoms with van der Waals surface area (Å²) in [6, 6.07) is 0. The molecule has 0 bridgehead atoms. The molecule has 0 aromatic rings. The van der Waals surface area contributed by atoms with Gasteiger partial charge in [-0.15, -0.1) is 0 Å². The molecule has 2 rings (SSSR count). The molecule has 23 heavy (non-hydrogen) atoms. The minimum Gasteiger partial charge on any atom is -0.0885 e. The highest BCUT2D eigenvalue weighted by Crippen LogP contribution is 2.36. The molecule has 0 radical (unpaired) electrons. The monoisotopic (exact) mass is 318 g/mol. The molecule has 0 aromatic carbocycles. The largest absolute Gasteiger partial charge is 0.0885 e. The van der Waals surface area contributed by atoms with Crippen molar-refractivity contribution in [3.63, 3.8) is 0 Å². The summed E-state index contributed by atoms with van der Waals surface area (Å²) in [5.74, 6) is 4.06. The van der Waals surface area contributed by atoms with E-state index in [2.05, 4.69) is 26.0 Å². The summed E-state index contributed by atoms with van der Waals surface area (Å²) < 4.78 is 0. The van der Waals surface area contributed by atoms with Crippen LogP contribution in [0.15, 0.2) is 12.2 Å². The van der Waals surface area contributed by atoms with Gasteiger partial charge in [0.2, 0.25) is 0 Å². The molecule has 0 heteroatoms. The van der Waals surface area contributed by atoms with Crippen molar-refractivity contribution < 1.29 is 0 Å². The predicted molar refractivity (Wildman–Crippen MR) is 104 cm³/mol. The van der Waals surface area contributed by atoms with E-state index in [1.165, 1.54) is 96.3 Å². The van der Waals surface area contributed by atoms with E-state index in [0.717, 1.165) is 23.7 Å². The maximum absolute atomic E-state index is 2.55. The molecule has 0 saturated heterocycles. The predicted octanol–water partition coefficient (Wildman–Crippen LogP) is 7.93. The van der Waals surface area contributed by atoms with Crippen LogP contribution in [0.3, 0.4) is 0 Å². The van der Waals surface area contributed by atoms with Crippen molar-refractivity contribution in [1.82, 2.24) is 0 Å². The third-order valence-corrected chi connectivity index (χ3v) is 6.69. The number of hydrogen-bond donors (Lipinski definition) is 0. The van der Waals surface area contributed by atoms with Gasteiger partial charge in [-0.3, -0.25) is 0 Å². The van der Waals surface area contributed by atoms with E-state index >= 15 is 0 Å². The van der Waals surface area contributed by atoms with Crippen molar-refractivity contribution in [1.29, 1.82) is 0 Å². The van der Waals surface area contributed by atoms with Gasteiger partial charge in [0, 0.05) is 0 Å². The Balaban J connectivity index is 1.58. The van der Waals surface area contributed by atoms with Gasteiger partial charge in [-0.2, -0.15) is 0 Å². The Kier molecular flexibility index (Phi) is 9.39. The SMILES string of the molecule is CC/C=C/C1CCCCC1CCCC[C@H]1CC[C@H](CCC)CC1. The summed E-state index contributed by atoms with van der Waals surface area (Å²) in [4.78, 5) is 0. The van der Waals surface area contributed by atoms with E-state index in [9.17, 15) is 0 Å². The minimum atomic E-state index is 0.910. The summed E-state index contributed by atoms with van der Waals surface area (Å²) in [6.07, 6.45) is 27.2. The number of hydrogen-bond acceptors (Lipinski definition) is 0. The van der Waals surface area contributed by atoms with Gasteiger partial charge in [-0.25, -0.2) is 0 Å². The Bertz CT molecular complexity index is 308. The Hall–Kier alpha value is -0.260. The van der Waals surface area contributed by atoms with Crippen LogP contribution >= 0.6 is 0 Å². The molecule has 2 fully saturated rings. The lowest BCUT2D eigenvalue weighted by Gasteiger charge is -2.30. The van der Waals surface area contributed by atoms with Gasteiger partial charge in [-0.05, 0) is 49.4 Å². The smallest absolute Gasteiger partial charge is 0.0205 e. The lowest BCUT2D eigenvalue weighted by molar-refractivity contribution is 0.235. The molecule has 0 nitrogen and oxygen atoms in total. The van der Waals surface area contributed by atoms with Crippen LogP contribution in [0.4, 0.5) is 0 Å². The summed E-state index contributed by atoms with van der Waals surface area (Å²) in [5.41, 5.74) is 0. The van der Waals surface area contributed by atoms with Crippen molar-refractivity contribution in [3.8, 4) is 0 Å². The Morgan fingerprint density at radius 3 is 2.09 bits per heavy atom. The van der Waals surface area contributed by atoms with Gasteiger partial charge < -0.3 is 0 Å². The molecule has 134 valence electrons. The van der Waals surface area contributed by atoms with Gasteiger partial charge in [0.25, 0.3) is 0 Å². The van der Waals surface area contributed by atoms with E-state index in [0.29, 0.717) is 0 Å². The normalized spacial score (nSPS) is 32.4. The molecule has 2 atom stereocenters. The average Bonchev–Trinajstić information content (AvgIpc) is 2.59. The van der Waals surface area contributed by atoms with Crippen molar-refractivity contribution in [2.75, 3.05) is 0 Å². The molecule has 2 saturated carbocycles. The molecular weight excluding hydrogens is 276 g/mol. The maximum atomic E-state index is 2.55.